The summed E-state index contributed by atoms with van der Waals surface area (Å²) in [5.41, 5.74) is 7.52. The molecule has 5 rings (SSSR count). The maximum absolute atomic E-state index is 13.4. The van der Waals surface area contributed by atoms with Gasteiger partial charge in [0.15, 0.2) is 5.82 Å². The van der Waals surface area contributed by atoms with Crippen LogP contribution in [0.1, 0.15) is 24.0 Å². The Hall–Kier alpha value is -3.39. The standard InChI is InChI=1S/C20H18ClN7O/c1-12-11-16(24-20(22)23-12)26-9-8-15(26)18-25-27-10-7-14(21)17(27)19(29)28(18)13-5-3-2-4-6-13/h2-7,10-11,15H,8-9H2,1H3,(H2,22,23,24)/t15-/m0/s1. The van der Waals surface area contributed by atoms with Crippen LogP contribution in [0, 0.1) is 6.92 Å². The Labute approximate surface area is 171 Å². The number of anilines is 2. The van der Waals surface area contributed by atoms with Crippen molar-refractivity contribution in [1.29, 1.82) is 0 Å². The van der Waals surface area contributed by atoms with E-state index in [4.69, 9.17) is 22.4 Å². The largest absolute Gasteiger partial charge is 0.368 e. The lowest BCUT2D eigenvalue weighted by Gasteiger charge is -2.42. The van der Waals surface area contributed by atoms with Gasteiger partial charge in [-0.15, -0.1) is 0 Å². The molecule has 0 aliphatic carbocycles. The quantitative estimate of drug-likeness (QED) is 0.561. The summed E-state index contributed by atoms with van der Waals surface area (Å²) in [5, 5.41) is 5.13. The van der Waals surface area contributed by atoms with E-state index in [-0.39, 0.29) is 17.5 Å². The molecule has 2 N–H and O–H groups in total. The normalized spacial score (nSPS) is 16.2. The predicted molar refractivity (Wildman–Crippen MR) is 112 cm³/mol. The number of benzene rings is 1. The molecule has 1 aromatic carbocycles. The fourth-order valence-corrected chi connectivity index (χ4v) is 3.97. The fourth-order valence-electron chi connectivity index (χ4n) is 3.74. The summed E-state index contributed by atoms with van der Waals surface area (Å²) >= 11 is 6.26. The van der Waals surface area contributed by atoms with Crippen molar-refractivity contribution in [2.45, 2.75) is 19.4 Å². The van der Waals surface area contributed by atoms with Crippen molar-refractivity contribution < 1.29 is 0 Å². The molecule has 8 nitrogen and oxygen atoms in total. The molecule has 1 aliphatic heterocycles. The molecule has 1 fully saturated rings. The lowest BCUT2D eigenvalue weighted by Crippen LogP contribution is -2.45. The molecule has 1 saturated heterocycles. The van der Waals surface area contributed by atoms with Gasteiger partial charge in [-0.25, -0.2) is 9.50 Å². The summed E-state index contributed by atoms with van der Waals surface area (Å²) in [4.78, 5) is 24.0. The van der Waals surface area contributed by atoms with Crippen LogP contribution in [0.2, 0.25) is 5.02 Å². The highest BCUT2D eigenvalue weighted by molar-refractivity contribution is 6.33. The van der Waals surface area contributed by atoms with Gasteiger partial charge in [0.05, 0.1) is 16.8 Å². The first-order valence-electron chi connectivity index (χ1n) is 9.26. The Kier molecular flexibility index (Phi) is 4.02. The first-order chi connectivity index (χ1) is 14.0. The average molecular weight is 408 g/mol. The molecule has 3 aromatic heterocycles. The van der Waals surface area contributed by atoms with Crippen LogP contribution in [-0.4, -0.2) is 30.7 Å². The zero-order chi connectivity index (χ0) is 20.1. The summed E-state index contributed by atoms with van der Waals surface area (Å²) < 4.78 is 3.19. The highest BCUT2D eigenvalue weighted by atomic mass is 35.5. The Morgan fingerprint density at radius 2 is 1.97 bits per heavy atom. The smallest absolute Gasteiger partial charge is 0.284 e. The molecule has 4 heterocycles. The van der Waals surface area contributed by atoms with Crippen molar-refractivity contribution in [3.8, 4) is 5.69 Å². The number of fused-ring (bicyclic) bond motifs is 1. The molecule has 9 heteroatoms. The zero-order valence-corrected chi connectivity index (χ0v) is 16.4. The minimum absolute atomic E-state index is 0.123. The van der Waals surface area contributed by atoms with Crippen LogP contribution < -0.4 is 16.2 Å². The SMILES string of the molecule is Cc1cc(N2CC[C@H]2c2nn3ccc(Cl)c3c(=O)n2-c2ccccc2)nc(N)n1. The third-order valence-electron chi connectivity index (χ3n) is 5.15. The number of para-hydroxylation sites is 1. The molecule has 0 unspecified atom stereocenters. The highest BCUT2D eigenvalue weighted by Crippen LogP contribution is 2.36. The first-order valence-corrected chi connectivity index (χ1v) is 9.64. The maximum Gasteiger partial charge on any atom is 0.284 e. The van der Waals surface area contributed by atoms with Gasteiger partial charge in [-0.05, 0) is 31.5 Å². The van der Waals surface area contributed by atoms with Crippen molar-refractivity contribution in [3.05, 3.63) is 75.6 Å². The number of aryl methyl sites for hydroxylation is 1. The number of nitrogens with zero attached hydrogens (tertiary/aromatic N) is 6. The van der Waals surface area contributed by atoms with Crippen molar-refractivity contribution >= 4 is 28.9 Å². The minimum Gasteiger partial charge on any atom is -0.368 e. The summed E-state index contributed by atoms with van der Waals surface area (Å²) in [7, 11) is 0. The van der Waals surface area contributed by atoms with Crippen LogP contribution in [0.25, 0.3) is 11.2 Å². The van der Waals surface area contributed by atoms with E-state index in [1.807, 2.05) is 43.3 Å². The second kappa shape index (κ2) is 6.59. The van der Waals surface area contributed by atoms with E-state index < -0.39 is 0 Å². The zero-order valence-electron chi connectivity index (χ0n) is 15.7. The summed E-state index contributed by atoms with van der Waals surface area (Å²) in [6, 6.07) is 12.9. The van der Waals surface area contributed by atoms with Crippen molar-refractivity contribution in [1.82, 2.24) is 24.1 Å². The van der Waals surface area contributed by atoms with E-state index in [0.717, 1.165) is 30.2 Å². The van der Waals surface area contributed by atoms with Gasteiger partial charge in [0.1, 0.15) is 11.3 Å². The molecular formula is C20H18ClN7O. The van der Waals surface area contributed by atoms with E-state index in [2.05, 4.69) is 14.9 Å². The molecule has 0 amide bonds. The Morgan fingerprint density at radius 1 is 1.17 bits per heavy atom. The van der Waals surface area contributed by atoms with E-state index in [1.165, 1.54) is 0 Å². The topological polar surface area (TPSA) is 94.3 Å². The van der Waals surface area contributed by atoms with Gasteiger partial charge in [0.25, 0.3) is 5.56 Å². The lowest BCUT2D eigenvalue weighted by molar-refractivity contribution is 0.423. The number of rotatable bonds is 3. The monoisotopic (exact) mass is 407 g/mol. The van der Waals surface area contributed by atoms with Gasteiger partial charge in [-0.1, -0.05) is 29.8 Å². The third kappa shape index (κ3) is 2.84. The fraction of sp³-hybridized carbons (Fsp3) is 0.200. The molecule has 4 aromatic rings. The van der Waals surface area contributed by atoms with Crippen LogP contribution >= 0.6 is 11.6 Å². The van der Waals surface area contributed by atoms with Crippen LogP contribution in [-0.2, 0) is 0 Å². The average Bonchev–Trinajstić information content (AvgIpc) is 3.02. The van der Waals surface area contributed by atoms with E-state index in [1.54, 1.807) is 21.3 Å². The Bertz CT molecular complexity index is 1260. The minimum atomic E-state index is -0.207. The summed E-state index contributed by atoms with van der Waals surface area (Å²) in [6.45, 7) is 2.66. The number of hydrogen-bond donors (Lipinski definition) is 1. The van der Waals surface area contributed by atoms with Gasteiger partial charge >= 0.3 is 0 Å². The van der Waals surface area contributed by atoms with Crippen LogP contribution in [0.4, 0.5) is 11.8 Å². The van der Waals surface area contributed by atoms with Crippen LogP contribution in [0.5, 0.6) is 0 Å². The van der Waals surface area contributed by atoms with Gasteiger partial charge in [0, 0.05) is 24.5 Å². The van der Waals surface area contributed by atoms with Gasteiger partial charge in [0.2, 0.25) is 5.95 Å². The third-order valence-corrected chi connectivity index (χ3v) is 5.45. The highest BCUT2D eigenvalue weighted by Gasteiger charge is 2.35. The van der Waals surface area contributed by atoms with Crippen LogP contribution in [0.15, 0.2) is 53.5 Å². The van der Waals surface area contributed by atoms with Gasteiger partial charge < -0.3 is 10.6 Å². The molecule has 0 radical (unpaired) electrons. The Balaban J connectivity index is 1.71. The molecule has 0 bridgehead atoms. The molecule has 1 aliphatic rings. The molecular weight excluding hydrogens is 390 g/mol. The number of aromatic nitrogens is 5. The number of nitrogen functional groups attached to an aromatic ring is 1. The summed E-state index contributed by atoms with van der Waals surface area (Å²) in [6.07, 6.45) is 2.54. The van der Waals surface area contributed by atoms with E-state index in [9.17, 15) is 4.79 Å². The van der Waals surface area contributed by atoms with Crippen molar-refractivity contribution in [2.75, 3.05) is 17.2 Å². The Morgan fingerprint density at radius 3 is 2.66 bits per heavy atom. The summed E-state index contributed by atoms with van der Waals surface area (Å²) in [5.74, 6) is 1.58. The van der Waals surface area contributed by atoms with Crippen molar-refractivity contribution in [2.24, 2.45) is 0 Å². The molecule has 1 atom stereocenters. The molecule has 0 saturated carbocycles. The number of nitrogens with two attached hydrogens (primary N) is 1. The lowest BCUT2D eigenvalue weighted by atomic mass is 10.0. The van der Waals surface area contributed by atoms with E-state index >= 15 is 0 Å². The molecule has 0 spiro atoms. The first kappa shape index (κ1) is 17.7. The van der Waals surface area contributed by atoms with Crippen LogP contribution in [0.3, 0.4) is 0 Å². The van der Waals surface area contributed by atoms with Gasteiger partial charge in [-0.3, -0.25) is 9.36 Å². The maximum atomic E-state index is 13.4. The number of halogens is 1. The second-order valence-corrected chi connectivity index (χ2v) is 7.42. The van der Waals surface area contributed by atoms with E-state index in [0.29, 0.717) is 16.4 Å². The second-order valence-electron chi connectivity index (χ2n) is 7.01. The van der Waals surface area contributed by atoms with Crippen molar-refractivity contribution in [3.63, 3.8) is 0 Å². The molecule has 29 heavy (non-hydrogen) atoms. The number of hydrogen-bond acceptors (Lipinski definition) is 6. The predicted octanol–water partition coefficient (Wildman–Crippen LogP) is 2.77. The van der Waals surface area contributed by atoms with Gasteiger partial charge in [-0.2, -0.15) is 10.1 Å². The molecule has 146 valence electrons.